The number of rotatable bonds is 4. The highest BCUT2D eigenvalue weighted by atomic mass is 16.6. The van der Waals surface area contributed by atoms with Crippen molar-refractivity contribution in [3.05, 3.63) is 47.9 Å². The first-order valence-corrected chi connectivity index (χ1v) is 5.28. The van der Waals surface area contributed by atoms with Gasteiger partial charge in [-0.05, 0) is 12.1 Å². The van der Waals surface area contributed by atoms with Crippen molar-refractivity contribution in [1.82, 2.24) is 4.90 Å². The summed E-state index contributed by atoms with van der Waals surface area (Å²) < 4.78 is 9.54. The van der Waals surface area contributed by atoms with Crippen molar-refractivity contribution in [3.63, 3.8) is 0 Å². The predicted molar refractivity (Wildman–Crippen MR) is 65.6 cm³/mol. The monoisotopic (exact) mass is 249 g/mol. The molecule has 1 aromatic rings. The number of nitrogens with zero attached hydrogens (tertiary/aromatic N) is 1. The standard InChI is InChI=1S/C13H15NO4/c1-14(2)9-11(13(16)17-3)18-12(15)10-7-5-4-6-8-10/h4-9H,1-3H3/b11-9-. The summed E-state index contributed by atoms with van der Waals surface area (Å²) in [4.78, 5) is 24.8. The maximum Gasteiger partial charge on any atom is 0.375 e. The van der Waals surface area contributed by atoms with Gasteiger partial charge in [0.2, 0.25) is 5.76 Å². The van der Waals surface area contributed by atoms with Gasteiger partial charge in [-0.3, -0.25) is 0 Å². The van der Waals surface area contributed by atoms with Crippen molar-refractivity contribution >= 4 is 11.9 Å². The summed E-state index contributed by atoms with van der Waals surface area (Å²) in [6.07, 6.45) is 1.38. The van der Waals surface area contributed by atoms with Crippen LogP contribution >= 0.6 is 0 Å². The number of benzene rings is 1. The highest BCUT2D eigenvalue weighted by molar-refractivity contribution is 5.95. The lowest BCUT2D eigenvalue weighted by Crippen LogP contribution is -2.16. The molecule has 0 aliphatic heterocycles. The lowest BCUT2D eigenvalue weighted by atomic mass is 10.2. The van der Waals surface area contributed by atoms with Crippen LogP contribution in [0, 0.1) is 0 Å². The fourth-order valence-corrected chi connectivity index (χ4v) is 1.19. The second kappa shape index (κ2) is 6.44. The molecule has 1 aromatic carbocycles. The summed E-state index contributed by atoms with van der Waals surface area (Å²) >= 11 is 0. The van der Waals surface area contributed by atoms with Crippen LogP contribution in [0.15, 0.2) is 42.3 Å². The molecule has 96 valence electrons. The van der Waals surface area contributed by atoms with Crippen molar-refractivity contribution in [2.75, 3.05) is 21.2 Å². The van der Waals surface area contributed by atoms with E-state index in [2.05, 4.69) is 4.74 Å². The third kappa shape index (κ3) is 3.93. The fraction of sp³-hybridized carbons (Fsp3) is 0.231. The van der Waals surface area contributed by atoms with E-state index in [0.717, 1.165) is 0 Å². The van der Waals surface area contributed by atoms with Crippen LogP contribution in [-0.4, -0.2) is 38.0 Å². The first-order chi connectivity index (χ1) is 8.54. The van der Waals surface area contributed by atoms with Crippen LogP contribution in [0.5, 0.6) is 0 Å². The average Bonchev–Trinajstić information content (AvgIpc) is 2.37. The third-order valence-corrected chi connectivity index (χ3v) is 1.97. The molecule has 0 unspecified atom stereocenters. The third-order valence-electron chi connectivity index (χ3n) is 1.97. The van der Waals surface area contributed by atoms with E-state index < -0.39 is 11.9 Å². The molecule has 1 rings (SSSR count). The number of hydrogen-bond acceptors (Lipinski definition) is 5. The van der Waals surface area contributed by atoms with E-state index in [1.165, 1.54) is 13.3 Å². The van der Waals surface area contributed by atoms with Crippen LogP contribution in [0.1, 0.15) is 10.4 Å². The number of esters is 2. The predicted octanol–water partition coefficient (Wildman–Crippen LogP) is 1.42. The lowest BCUT2D eigenvalue weighted by Gasteiger charge is -2.10. The molecule has 0 bridgehead atoms. The molecule has 0 saturated heterocycles. The molecule has 0 radical (unpaired) electrons. The van der Waals surface area contributed by atoms with Crippen LogP contribution in [0.4, 0.5) is 0 Å². The number of carbonyl (C=O) groups excluding carboxylic acids is 2. The van der Waals surface area contributed by atoms with E-state index in [1.807, 2.05) is 0 Å². The molecule has 5 heteroatoms. The highest BCUT2D eigenvalue weighted by Crippen LogP contribution is 2.08. The summed E-state index contributed by atoms with van der Waals surface area (Å²) in [5.74, 6) is -1.46. The Morgan fingerprint density at radius 2 is 1.78 bits per heavy atom. The zero-order chi connectivity index (χ0) is 13.5. The molecule has 0 aliphatic carbocycles. The SMILES string of the molecule is COC(=O)/C(=C/N(C)C)OC(=O)c1ccccc1. The molecule has 0 heterocycles. The lowest BCUT2D eigenvalue weighted by molar-refractivity contribution is -0.139. The van der Waals surface area contributed by atoms with Crippen molar-refractivity contribution < 1.29 is 19.1 Å². The maximum absolute atomic E-state index is 11.8. The average molecular weight is 249 g/mol. The van der Waals surface area contributed by atoms with Gasteiger partial charge in [0.15, 0.2) is 0 Å². The molecule has 0 aromatic heterocycles. The first-order valence-electron chi connectivity index (χ1n) is 5.28. The molecular weight excluding hydrogens is 234 g/mol. The normalized spacial score (nSPS) is 10.7. The van der Waals surface area contributed by atoms with Crippen LogP contribution < -0.4 is 0 Å². The minimum Gasteiger partial charge on any atom is -0.463 e. The van der Waals surface area contributed by atoms with E-state index in [1.54, 1.807) is 49.3 Å². The largest absolute Gasteiger partial charge is 0.463 e. The van der Waals surface area contributed by atoms with E-state index in [4.69, 9.17) is 4.74 Å². The van der Waals surface area contributed by atoms with Gasteiger partial charge < -0.3 is 14.4 Å². The molecule has 0 amide bonds. The Labute approximate surface area is 106 Å². The van der Waals surface area contributed by atoms with Gasteiger partial charge >= 0.3 is 11.9 Å². The van der Waals surface area contributed by atoms with Crippen molar-refractivity contribution in [2.45, 2.75) is 0 Å². The molecule has 0 spiro atoms. The minimum atomic E-state index is -0.701. The molecule has 18 heavy (non-hydrogen) atoms. The Kier molecular flexibility index (Phi) is 4.92. The Bertz CT molecular complexity index is 451. The molecule has 0 saturated carbocycles. The van der Waals surface area contributed by atoms with Gasteiger partial charge in [0.05, 0.1) is 12.7 Å². The van der Waals surface area contributed by atoms with Crippen molar-refractivity contribution in [1.29, 1.82) is 0 Å². The molecule has 5 nitrogen and oxygen atoms in total. The van der Waals surface area contributed by atoms with Crippen molar-refractivity contribution in [3.8, 4) is 0 Å². The van der Waals surface area contributed by atoms with E-state index >= 15 is 0 Å². The van der Waals surface area contributed by atoms with Crippen LogP contribution in [-0.2, 0) is 14.3 Å². The van der Waals surface area contributed by atoms with Crippen molar-refractivity contribution in [2.24, 2.45) is 0 Å². The summed E-state index contributed by atoms with van der Waals surface area (Å²) in [5, 5.41) is 0. The Morgan fingerprint density at radius 1 is 1.17 bits per heavy atom. The van der Waals surface area contributed by atoms with Crippen LogP contribution in [0.25, 0.3) is 0 Å². The van der Waals surface area contributed by atoms with Gasteiger partial charge in [0, 0.05) is 20.3 Å². The van der Waals surface area contributed by atoms with Gasteiger partial charge in [-0.2, -0.15) is 0 Å². The highest BCUT2D eigenvalue weighted by Gasteiger charge is 2.17. The zero-order valence-electron chi connectivity index (χ0n) is 10.5. The number of carbonyl (C=O) groups is 2. The minimum absolute atomic E-state index is 0.156. The number of ether oxygens (including phenoxy) is 2. The molecule has 0 fully saturated rings. The fourth-order valence-electron chi connectivity index (χ4n) is 1.19. The maximum atomic E-state index is 11.8. The Hall–Kier alpha value is -2.30. The summed E-state index contributed by atoms with van der Waals surface area (Å²) in [6.45, 7) is 0. The van der Waals surface area contributed by atoms with Gasteiger partial charge in [-0.25, -0.2) is 9.59 Å². The number of hydrogen-bond donors (Lipinski definition) is 0. The van der Waals surface area contributed by atoms with E-state index in [0.29, 0.717) is 5.56 Å². The molecule has 0 aliphatic rings. The van der Waals surface area contributed by atoms with E-state index in [9.17, 15) is 9.59 Å². The topological polar surface area (TPSA) is 55.8 Å². The summed E-state index contributed by atoms with van der Waals surface area (Å²) in [6, 6.07) is 8.42. The molecular formula is C13H15NO4. The molecule has 0 N–H and O–H groups in total. The second-order valence-corrected chi connectivity index (χ2v) is 3.70. The Balaban J connectivity index is 2.85. The summed E-state index contributed by atoms with van der Waals surface area (Å²) in [7, 11) is 4.64. The smallest absolute Gasteiger partial charge is 0.375 e. The van der Waals surface area contributed by atoms with Gasteiger partial charge in [0.25, 0.3) is 0 Å². The molecule has 0 atom stereocenters. The zero-order valence-corrected chi connectivity index (χ0v) is 10.5. The van der Waals surface area contributed by atoms with E-state index in [-0.39, 0.29) is 5.76 Å². The Morgan fingerprint density at radius 3 is 2.28 bits per heavy atom. The number of methoxy groups -OCH3 is 1. The van der Waals surface area contributed by atoms with Gasteiger partial charge in [0.1, 0.15) is 0 Å². The van der Waals surface area contributed by atoms with Gasteiger partial charge in [-0.1, -0.05) is 18.2 Å². The quantitative estimate of drug-likeness (QED) is 0.459. The second-order valence-electron chi connectivity index (χ2n) is 3.70. The first kappa shape index (κ1) is 13.8. The van der Waals surface area contributed by atoms with Gasteiger partial charge in [-0.15, -0.1) is 0 Å². The van der Waals surface area contributed by atoms with Crippen LogP contribution in [0.2, 0.25) is 0 Å². The van der Waals surface area contributed by atoms with Crippen LogP contribution in [0.3, 0.4) is 0 Å². The summed E-state index contributed by atoms with van der Waals surface area (Å²) in [5.41, 5.74) is 0.367.